The van der Waals surface area contributed by atoms with E-state index in [-0.39, 0.29) is 5.91 Å². The molecular weight excluding hydrogens is 328 g/mol. The molecule has 0 fully saturated rings. The summed E-state index contributed by atoms with van der Waals surface area (Å²) in [6.45, 7) is 4.33. The van der Waals surface area contributed by atoms with Gasteiger partial charge in [-0.05, 0) is 53.5 Å². The molecule has 0 unspecified atom stereocenters. The second-order valence-corrected chi connectivity index (χ2v) is 6.18. The van der Waals surface area contributed by atoms with Crippen molar-refractivity contribution in [2.45, 2.75) is 13.8 Å². The van der Waals surface area contributed by atoms with E-state index < -0.39 is 0 Å². The molecule has 0 aliphatic rings. The maximum absolute atomic E-state index is 12.1. The number of amides is 1. The molecule has 0 saturated heterocycles. The molecule has 6 heteroatoms. The van der Waals surface area contributed by atoms with Crippen LogP contribution < -0.4 is 10.1 Å². The van der Waals surface area contributed by atoms with Gasteiger partial charge in [-0.1, -0.05) is 0 Å². The number of aryl methyl sites for hydroxylation is 1. The van der Waals surface area contributed by atoms with E-state index in [9.17, 15) is 4.79 Å². The number of rotatable bonds is 4. The summed E-state index contributed by atoms with van der Waals surface area (Å²) >= 11 is 4.81. The van der Waals surface area contributed by atoms with Crippen LogP contribution in [0, 0.1) is 6.92 Å². The predicted molar refractivity (Wildman–Crippen MR) is 80.1 cm³/mol. The topological polar surface area (TPSA) is 51.2 Å². The molecule has 1 N–H and O–H groups in total. The summed E-state index contributed by atoms with van der Waals surface area (Å²) < 4.78 is 6.34. The van der Waals surface area contributed by atoms with E-state index in [1.807, 2.05) is 19.9 Å². The Labute approximate surface area is 124 Å². The number of thiophene rings is 1. The minimum atomic E-state index is -0.159. The van der Waals surface area contributed by atoms with Crippen molar-refractivity contribution in [3.8, 4) is 5.88 Å². The van der Waals surface area contributed by atoms with Gasteiger partial charge in [-0.25, -0.2) is 4.98 Å². The fourth-order valence-corrected chi connectivity index (χ4v) is 2.92. The lowest BCUT2D eigenvalue weighted by Crippen LogP contribution is -2.12. The molecule has 2 aromatic heterocycles. The van der Waals surface area contributed by atoms with Crippen molar-refractivity contribution in [3.05, 3.63) is 38.6 Å². The second kappa shape index (κ2) is 6.16. The molecule has 0 aromatic carbocycles. The highest BCUT2D eigenvalue weighted by atomic mass is 79.9. The van der Waals surface area contributed by atoms with E-state index in [4.69, 9.17) is 4.74 Å². The van der Waals surface area contributed by atoms with E-state index in [0.29, 0.717) is 23.1 Å². The van der Waals surface area contributed by atoms with E-state index in [1.54, 1.807) is 18.3 Å². The first-order chi connectivity index (χ1) is 9.11. The van der Waals surface area contributed by atoms with Crippen LogP contribution in [0.3, 0.4) is 0 Å². The highest BCUT2D eigenvalue weighted by Gasteiger charge is 2.13. The average Bonchev–Trinajstić information content (AvgIpc) is 2.72. The summed E-state index contributed by atoms with van der Waals surface area (Å²) in [5, 5.41) is 2.82. The number of nitrogens with one attached hydrogen (secondary N) is 1. The molecule has 100 valence electrons. The van der Waals surface area contributed by atoms with Gasteiger partial charge in [0.1, 0.15) is 5.69 Å². The molecule has 4 nitrogen and oxygen atoms in total. The van der Waals surface area contributed by atoms with E-state index in [0.717, 1.165) is 9.35 Å². The normalized spacial score (nSPS) is 10.3. The summed E-state index contributed by atoms with van der Waals surface area (Å²) in [6.07, 6.45) is 1.63. The maximum Gasteiger partial charge on any atom is 0.265 e. The molecule has 0 spiro atoms. The van der Waals surface area contributed by atoms with Crippen molar-refractivity contribution in [2.75, 3.05) is 11.9 Å². The Morgan fingerprint density at radius 1 is 1.58 bits per heavy atom. The Kier molecular flexibility index (Phi) is 4.55. The van der Waals surface area contributed by atoms with Crippen LogP contribution in [0.5, 0.6) is 5.88 Å². The van der Waals surface area contributed by atoms with Crippen LogP contribution in [0.2, 0.25) is 0 Å². The molecule has 0 atom stereocenters. The SMILES string of the molecule is CCOc1ncccc1NC(=O)c1cc(C)c(Br)s1. The van der Waals surface area contributed by atoms with Gasteiger partial charge in [-0.2, -0.15) is 0 Å². The number of pyridine rings is 1. The molecule has 0 saturated carbocycles. The third kappa shape index (κ3) is 3.33. The van der Waals surface area contributed by atoms with Crippen molar-refractivity contribution in [2.24, 2.45) is 0 Å². The Morgan fingerprint density at radius 2 is 2.37 bits per heavy atom. The standard InChI is InChI=1S/C13H13BrN2O2S/c1-3-18-13-9(5-4-6-15-13)16-12(17)10-7-8(2)11(14)19-10/h4-7H,3H2,1-2H3,(H,16,17). The fourth-order valence-electron chi connectivity index (χ4n) is 1.49. The number of aromatic nitrogens is 1. The highest BCUT2D eigenvalue weighted by Crippen LogP contribution is 2.29. The quantitative estimate of drug-likeness (QED) is 0.919. The first-order valence-corrected chi connectivity index (χ1v) is 7.38. The monoisotopic (exact) mass is 340 g/mol. The minimum Gasteiger partial charge on any atom is -0.476 e. The molecule has 2 rings (SSSR count). The second-order valence-electron chi connectivity index (χ2n) is 3.81. The molecule has 0 aliphatic carbocycles. The zero-order valence-corrected chi connectivity index (χ0v) is 13.0. The summed E-state index contributed by atoms with van der Waals surface area (Å²) in [5.41, 5.74) is 1.63. The Bertz CT molecular complexity index is 579. The van der Waals surface area contributed by atoms with Crippen LogP contribution in [0.15, 0.2) is 28.2 Å². The lowest BCUT2D eigenvalue weighted by Gasteiger charge is -2.09. The minimum absolute atomic E-state index is 0.159. The number of hydrogen-bond acceptors (Lipinski definition) is 4. The van der Waals surface area contributed by atoms with Gasteiger partial charge in [0.15, 0.2) is 0 Å². The number of halogens is 1. The van der Waals surface area contributed by atoms with E-state index in [2.05, 4.69) is 26.2 Å². The Hall–Kier alpha value is -1.40. The van der Waals surface area contributed by atoms with Crippen LogP contribution in [0.1, 0.15) is 22.2 Å². The maximum atomic E-state index is 12.1. The molecule has 0 aliphatic heterocycles. The number of ether oxygens (including phenoxy) is 1. The third-order valence-electron chi connectivity index (χ3n) is 2.38. The van der Waals surface area contributed by atoms with Gasteiger partial charge in [0.25, 0.3) is 5.91 Å². The number of anilines is 1. The van der Waals surface area contributed by atoms with Gasteiger partial charge in [-0.3, -0.25) is 4.79 Å². The fraction of sp³-hybridized carbons (Fsp3) is 0.231. The molecule has 19 heavy (non-hydrogen) atoms. The van der Waals surface area contributed by atoms with Crippen molar-refractivity contribution in [1.82, 2.24) is 4.98 Å². The van der Waals surface area contributed by atoms with Gasteiger partial charge in [0.2, 0.25) is 5.88 Å². The Balaban J connectivity index is 2.19. The smallest absolute Gasteiger partial charge is 0.265 e. The zero-order valence-electron chi connectivity index (χ0n) is 10.6. The molecular formula is C13H13BrN2O2S. The lowest BCUT2D eigenvalue weighted by atomic mass is 10.3. The first kappa shape index (κ1) is 14.0. The van der Waals surface area contributed by atoms with E-state index >= 15 is 0 Å². The molecule has 0 radical (unpaired) electrons. The van der Waals surface area contributed by atoms with E-state index in [1.165, 1.54) is 11.3 Å². The van der Waals surface area contributed by atoms with Crippen LogP contribution in [-0.2, 0) is 0 Å². The van der Waals surface area contributed by atoms with Crippen molar-refractivity contribution >= 4 is 38.9 Å². The Morgan fingerprint density at radius 3 is 3.00 bits per heavy atom. The number of nitrogens with zero attached hydrogens (tertiary/aromatic N) is 1. The number of hydrogen-bond donors (Lipinski definition) is 1. The van der Waals surface area contributed by atoms with Crippen LogP contribution in [-0.4, -0.2) is 17.5 Å². The molecule has 0 bridgehead atoms. The van der Waals surface area contributed by atoms with Gasteiger partial charge in [0.05, 0.1) is 15.3 Å². The van der Waals surface area contributed by atoms with Gasteiger partial charge < -0.3 is 10.1 Å². The van der Waals surface area contributed by atoms with Gasteiger partial charge in [-0.15, -0.1) is 11.3 Å². The molecule has 2 heterocycles. The van der Waals surface area contributed by atoms with Gasteiger partial charge >= 0.3 is 0 Å². The summed E-state index contributed by atoms with van der Waals surface area (Å²) in [4.78, 5) is 16.9. The van der Waals surface area contributed by atoms with Crippen molar-refractivity contribution in [3.63, 3.8) is 0 Å². The predicted octanol–water partition coefficient (Wildman–Crippen LogP) is 3.87. The van der Waals surface area contributed by atoms with Crippen LogP contribution in [0.25, 0.3) is 0 Å². The third-order valence-corrected chi connectivity index (χ3v) is 4.52. The van der Waals surface area contributed by atoms with Gasteiger partial charge in [0, 0.05) is 6.20 Å². The average molecular weight is 341 g/mol. The molecule has 2 aromatic rings. The lowest BCUT2D eigenvalue weighted by molar-refractivity contribution is 0.103. The zero-order chi connectivity index (χ0) is 13.8. The largest absolute Gasteiger partial charge is 0.476 e. The van der Waals surface area contributed by atoms with Crippen molar-refractivity contribution in [1.29, 1.82) is 0 Å². The van der Waals surface area contributed by atoms with Crippen LogP contribution in [0.4, 0.5) is 5.69 Å². The highest BCUT2D eigenvalue weighted by molar-refractivity contribution is 9.11. The number of carbonyl (C=O) groups is 1. The van der Waals surface area contributed by atoms with Crippen LogP contribution >= 0.6 is 27.3 Å². The summed E-state index contributed by atoms with van der Waals surface area (Å²) in [5.74, 6) is 0.276. The first-order valence-electron chi connectivity index (χ1n) is 5.77. The van der Waals surface area contributed by atoms with Crippen molar-refractivity contribution < 1.29 is 9.53 Å². The number of carbonyl (C=O) groups excluding carboxylic acids is 1. The summed E-state index contributed by atoms with van der Waals surface area (Å²) in [7, 11) is 0. The molecule has 1 amide bonds. The summed E-state index contributed by atoms with van der Waals surface area (Å²) in [6, 6.07) is 5.37.